The molecule has 0 amide bonds. The minimum absolute atomic E-state index is 0.303. The van der Waals surface area contributed by atoms with Gasteiger partial charge in [-0.05, 0) is 67.5 Å². The molecule has 1 aromatic carbocycles. The summed E-state index contributed by atoms with van der Waals surface area (Å²) in [5.41, 5.74) is 5.59. The molecule has 3 rings (SSSR count). The number of fused-ring (bicyclic) bond motifs is 1. The predicted molar refractivity (Wildman–Crippen MR) is 98.7 cm³/mol. The van der Waals surface area contributed by atoms with Gasteiger partial charge in [0.05, 0.1) is 6.04 Å². The Kier molecular flexibility index (Phi) is 4.79. The van der Waals surface area contributed by atoms with Crippen LogP contribution in [0.15, 0.2) is 22.7 Å². The van der Waals surface area contributed by atoms with Gasteiger partial charge in [0.1, 0.15) is 0 Å². The molecule has 1 aliphatic heterocycles. The van der Waals surface area contributed by atoms with Crippen molar-refractivity contribution in [1.29, 1.82) is 0 Å². The van der Waals surface area contributed by atoms with Crippen LogP contribution >= 0.6 is 39.0 Å². The van der Waals surface area contributed by atoms with E-state index in [1.54, 1.807) is 10.4 Å². The molecule has 0 saturated heterocycles. The molecule has 112 valence electrons. The standard InChI is InChI=1S/C17H20BrNS2/c1-10-7-14(18)11(2)6-13(10)17(19-3)16-8-12-9-20-5-4-15(12)21-16/h6-8,17,19H,4-5,9H2,1-3H3. The van der Waals surface area contributed by atoms with Crippen molar-refractivity contribution in [3.05, 3.63) is 54.7 Å². The normalized spacial score (nSPS) is 15.8. The molecule has 0 saturated carbocycles. The van der Waals surface area contributed by atoms with E-state index in [2.05, 4.69) is 72.1 Å². The van der Waals surface area contributed by atoms with Gasteiger partial charge in [0.2, 0.25) is 0 Å². The molecule has 2 heterocycles. The zero-order valence-electron chi connectivity index (χ0n) is 12.6. The lowest BCUT2D eigenvalue weighted by molar-refractivity contribution is 0.698. The Bertz CT molecular complexity index is 640. The van der Waals surface area contributed by atoms with Crippen molar-refractivity contribution in [2.75, 3.05) is 12.8 Å². The molecule has 2 aromatic rings. The first-order chi connectivity index (χ1) is 10.1. The SMILES string of the molecule is CNC(c1cc2c(s1)CCSC2)c1cc(C)c(Br)cc1C. The van der Waals surface area contributed by atoms with E-state index >= 15 is 0 Å². The van der Waals surface area contributed by atoms with E-state index in [0.717, 1.165) is 0 Å². The largest absolute Gasteiger partial charge is 0.309 e. The summed E-state index contributed by atoms with van der Waals surface area (Å²) in [5.74, 6) is 2.45. The van der Waals surface area contributed by atoms with Crippen LogP contribution in [0, 0.1) is 13.8 Å². The number of thioether (sulfide) groups is 1. The average Bonchev–Trinajstić information content (AvgIpc) is 2.88. The van der Waals surface area contributed by atoms with Gasteiger partial charge < -0.3 is 5.32 Å². The molecule has 1 atom stereocenters. The molecule has 1 N–H and O–H groups in total. The van der Waals surface area contributed by atoms with Crippen LogP contribution in [-0.4, -0.2) is 12.8 Å². The highest BCUT2D eigenvalue weighted by Gasteiger charge is 2.21. The zero-order valence-corrected chi connectivity index (χ0v) is 15.8. The molecular formula is C17H20BrNS2. The van der Waals surface area contributed by atoms with E-state index in [1.807, 2.05) is 11.3 Å². The minimum Gasteiger partial charge on any atom is -0.309 e. The van der Waals surface area contributed by atoms with Crippen molar-refractivity contribution in [3.63, 3.8) is 0 Å². The summed E-state index contributed by atoms with van der Waals surface area (Å²) in [7, 11) is 2.06. The van der Waals surface area contributed by atoms with Gasteiger partial charge in [-0.1, -0.05) is 22.0 Å². The second-order valence-corrected chi connectivity index (χ2v) is 8.71. The summed E-state index contributed by atoms with van der Waals surface area (Å²) < 4.78 is 1.19. The fourth-order valence-corrected chi connectivity index (χ4v) is 5.84. The molecule has 1 aliphatic rings. The lowest BCUT2D eigenvalue weighted by atomic mass is 9.97. The van der Waals surface area contributed by atoms with Crippen LogP contribution in [0.2, 0.25) is 0 Å². The number of nitrogens with one attached hydrogen (secondary N) is 1. The molecule has 0 bridgehead atoms. The Morgan fingerprint density at radius 3 is 2.71 bits per heavy atom. The van der Waals surface area contributed by atoms with E-state index in [4.69, 9.17) is 0 Å². The van der Waals surface area contributed by atoms with Crippen molar-refractivity contribution in [2.45, 2.75) is 32.1 Å². The first-order valence-electron chi connectivity index (χ1n) is 7.23. The quantitative estimate of drug-likeness (QED) is 0.781. The van der Waals surface area contributed by atoms with Crippen molar-refractivity contribution in [1.82, 2.24) is 5.32 Å². The molecular weight excluding hydrogens is 362 g/mol. The summed E-state index contributed by atoms with van der Waals surface area (Å²) in [6.07, 6.45) is 1.24. The third-order valence-electron chi connectivity index (χ3n) is 4.08. The fourth-order valence-electron chi connectivity index (χ4n) is 2.88. The van der Waals surface area contributed by atoms with E-state index in [0.29, 0.717) is 6.04 Å². The van der Waals surface area contributed by atoms with Gasteiger partial charge in [-0.3, -0.25) is 0 Å². The number of hydrogen-bond acceptors (Lipinski definition) is 3. The van der Waals surface area contributed by atoms with Crippen LogP contribution in [-0.2, 0) is 12.2 Å². The summed E-state index contributed by atoms with van der Waals surface area (Å²) in [6.45, 7) is 4.36. The van der Waals surface area contributed by atoms with Crippen LogP contribution in [0.3, 0.4) is 0 Å². The molecule has 0 aliphatic carbocycles. The number of thiophene rings is 1. The minimum atomic E-state index is 0.303. The molecule has 4 heteroatoms. The van der Waals surface area contributed by atoms with Crippen LogP contribution < -0.4 is 5.32 Å². The fraction of sp³-hybridized carbons (Fsp3) is 0.412. The van der Waals surface area contributed by atoms with Gasteiger partial charge >= 0.3 is 0 Å². The summed E-state index contributed by atoms with van der Waals surface area (Å²) >= 11 is 7.68. The van der Waals surface area contributed by atoms with Gasteiger partial charge in [0.15, 0.2) is 0 Å². The molecule has 21 heavy (non-hydrogen) atoms. The number of aryl methyl sites for hydroxylation is 3. The lowest BCUT2D eigenvalue weighted by Crippen LogP contribution is -2.17. The van der Waals surface area contributed by atoms with E-state index in [1.165, 1.54) is 44.0 Å². The molecule has 1 aromatic heterocycles. The second kappa shape index (κ2) is 6.45. The van der Waals surface area contributed by atoms with Crippen LogP contribution in [0.4, 0.5) is 0 Å². The van der Waals surface area contributed by atoms with E-state index < -0.39 is 0 Å². The smallest absolute Gasteiger partial charge is 0.0671 e. The van der Waals surface area contributed by atoms with E-state index in [-0.39, 0.29) is 0 Å². The molecule has 1 nitrogen and oxygen atoms in total. The third kappa shape index (κ3) is 3.09. The third-order valence-corrected chi connectivity index (χ3v) is 7.24. The maximum atomic E-state index is 3.63. The maximum absolute atomic E-state index is 3.63. The molecule has 0 spiro atoms. The Hall–Kier alpha value is -0.290. The maximum Gasteiger partial charge on any atom is 0.0671 e. The Labute approximate surface area is 143 Å². The van der Waals surface area contributed by atoms with Gasteiger partial charge in [0, 0.05) is 20.0 Å². The predicted octanol–water partition coefficient (Wildman–Crippen LogP) is 5.23. The van der Waals surface area contributed by atoms with Gasteiger partial charge in [-0.15, -0.1) is 11.3 Å². The summed E-state index contributed by atoms with van der Waals surface area (Å²) in [4.78, 5) is 3.05. The summed E-state index contributed by atoms with van der Waals surface area (Å²) in [5, 5.41) is 3.52. The average molecular weight is 382 g/mol. The topological polar surface area (TPSA) is 12.0 Å². The monoisotopic (exact) mass is 381 g/mol. The van der Waals surface area contributed by atoms with Crippen LogP contribution in [0.5, 0.6) is 0 Å². The van der Waals surface area contributed by atoms with Crippen molar-refractivity contribution >= 4 is 39.0 Å². The Balaban J connectivity index is 2.02. The van der Waals surface area contributed by atoms with Crippen molar-refractivity contribution < 1.29 is 0 Å². The number of halogens is 1. The molecule has 0 radical (unpaired) electrons. The summed E-state index contributed by atoms with van der Waals surface area (Å²) in [6, 6.07) is 7.27. The number of benzene rings is 1. The molecule has 1 unspecified atom stereocenters. The molecule has 0 fully saturated rings. The van der Waals surface area contributed by atoms with E-state index in [9.17, 15) is 0 Å². The zero-order chi connectivity index (χ0) is 15.0. The highest BCUT2D eigenvalue weighted by atomic mass is 79.9. The number of hydrogen-bond donors (Lipinski definition) is 1. The first kappa shape index (κ1) is 15.6. The lowest BCUT2D eigenvalue weighted by Gasteiger charge is -2.19. The highest BCUT2D eigenvalue weighted by molar-refractivity contribution is 9.10. The Morgan fingerprint density at radius 1 is 1.19 bits per heavy atom. The van der Waals surface area contributed by atoms with Gasteiger partial charge in [-0.2, -0.15) is 11.8 Å². The second-order valence-electron chi connectivity index (χ2n) is 5.58. The highest BCUT2D eigenvalue weighted by Crippen LogP contribution is 2.38. The van der Waals surface area contributed by atoms with Gasteiger partial charge in [-0.25, -0.2) is 0 Å². The van der Waals surface area contributed by atoms with Crippen LogP contribution in [0.25, 0.3) is 0 Å². The van der Waals surface area contributed by atoms with Gasteiger partial charge in [0.25, 0.3) is 0 Å². The number of rotatable bonds is 3. The van der Waals surface area contributed by atoms with Crippen LogP contribution in [0.1, 0.15) is 38.0 Å². The van der Waals surface area contributed by atoms with Crippen molar-refractivity contribution in [3.8, 4) is 0 Å². The first-order valence-corrected chi connectivity index (χ1v) is 9.99. The Morgan fingerprint density at radius 2 is 2.00 bits per heavy atom. The van der Waals surface area contributed by atoms with Crippen molar-refractivity contribution in [2.24, 2.45) is 0 Å².